The number of hydrogen-bond donors (Lipinski definition) is 1. The Hall–Kier alpha value is -0.870. The third-order valence-electron chi connectivity index (χ3n) is 5.59. The molecule has 3 nitrogen and oxygen atoms in total. The van der Waals surface area contributed by atoms with Crippen LogP contribution < -0.4 is 5.32 Å². The minimum absolute atomic E-state index is 0.121. The zero-order valence-corrected chi connectivity index (χ0v) is 13.3. The van der Waals surface area contributed by atoms with Crippen molar-refractivity contribution in [1.29, 1.82) is 0 Å². The van der Waals surface area contributed by atoms with Crippen molar-refractivity contribution < 1.29 is 4.79 Å². The molecule has 1 atom stereocenters. The Morgan fingerprint density at radius 3 is 2.67 bits per heavy atom. The highest BCUT2D eigenvalue weighted by Gasteiger charge is 2.53. The van der Waals surface area contributed by atoms with Crippen LogP contribution in [0.15, 0.2) is 17.5 Å². The van der Waals surface area contributed by atoms with Crippen molar-refractivity contribution in [3.63, 3.8) is 0 Å². The Morgan fingerprint density at radius 1 is 1.24 bits per heavy atom. The molecule has 0 bridgehead atoms. The van der Waals surface area contributed by atoms with Gasteiger partial charge in [-0.1, -0.05) is 31.7 Å². The standard InChI is InChI=1S/C17H24N2OS/c20-16-17(9-3-4-10-17)18-15(14-8-5-11-21-14)19(16)12-13-6-1-2-7-13/h5,8,11,13,15,18H,1-4,6-7,9-10,12H2. The Bertz CT molecular complexity index is 501. The van der Waals surface area contributed by atoms with E-state index in [1.807, 2.05) is 0 Å². The lowest BCUT2D eigenvalue weighted by atomic mass is 9.97. The summed E-state index contributed by atoms with van der Waals surface area (Å²) in [5, 5.41) is 5.85. The molecule has 4 rings (SSSR count). The molecule has 114 valence electrons. The summed E-state index contributed by atoms with van der Waals surface area (Å²) in [4.78, 5) is 16.6. The number of carbonyl (C=O) groups is 1. The van der Waals surface area contributed by atoms with E-state index in [0.717, 1.165) is 25.3 Å². The fraction of sp³-hybridized carbons (Fsp3) is 0.706. The molecule has 1 aromatic rings. The van der Waals surface area contributed by atoms with Crippen LogP contribution in [0.2, 0.25) is 0 Å². The maximum atomic E-state index is 13.1. The zero-order chi connectivity index (χ0) is 14.3. The Morgan fingerprint density at radius 2 is 2.00 bits per heavy atom. The SMILES string of the molecule is O=C1N(CC2CCCC2)C(c2cccs2)NC12CCCC2. The quantitative estimate of drug-likeness (QED) is 0.924. The van der Waals surface area contributed by atoms with Crippen LogP contribution in [-0.2, 0) is 4.79 Å². The van der Waals surface area contributed by atoms with E-state index in [9.17, 15) is 4.79 Å². The minimum atomic E-state index is -0.243. The largest absolute Gasteiger partial charge is 0.320 e. The molecule has 1 aliphatic heterocycles. The van der Waals surface area contributed by atoms with Gasteiger partial charge in [-0.25, -0.2) is 0 Å². The van der Waals surface area contributed by atoms with Gasteiger partial charge in [0.2, 0.25) is 5.91 Å². The lowest BCUT2D eigenvalue weighted by Crippen LogP contribution is -2.44. The first kappa shape index (κ1) is 13.8. The van der Waals surface area contributed by atoms with Gasteiger partial charge in [-0.3, -0.25) is 10.1 Å². The van der Waals surface area contributed by atoms with Crippen molar-refractivity contribution in [2.24, 2.45) is 5.92 Å². The van der Waals surface area contributed by atoms with Crippen LogP contribution in [0.1, 0.15) is 62.4 Å². The second-order valence-electron chi connectivity index (χ2n) is 6.96. The van der Waals surface area contributed by atoms with Crippen LogP contribution in [0.5, 0.6) is 0 Å². The molecule has 1 spiro atoms. The van der Waals surface area contributed by atoms with Crippen molar-refractivity contribution in [2.75, 3.05) is 6.54 Å². The third kappa shape index (κ3) is 2.33. The van der Waals surface area contributed by atoms with Gasteiger partial charge in [0.1, 0.15) is 6.17 Å². The predicted molar refractivity (Wildman–Crippen MR) is 85.1 cm³/mol. The van der Waals surface area contributed by atoms with E-state index in [1.54, 1.807) is 11.3 Å². The summed E-state index contributed by atoms with van der Waals surface area (Å²) in [6, 6.07) is 4.27. The highest BCUT2D eigenvalue weighted by molar-refractivity contribution is 7.10. The van der Waals surface area contributed by atoms with Gasteiger partial charge in [0.05, 0.1) is 5.54 Å². The Labute approximate surface area is 130 Å². The van der Waals surface area contributed by atoms with Gasteiger partial charge in [0, 0.05) is 11.4 Å². The van der Waals surface area contributed by atoms with E-state index in [0.29, 0.717) is 5.91 Å². The second kappa shape index (κ2) is 5.40. The van der Waals surface area contributed by atoms with Crippen molar-refractivity contribution in [1.82, 2.24) is 10.2 Å². The van der Waals surface area contributed by atoms with E-state index >= 15 is 0 Å². The number of nitrogens with zero attached hydrogens (tertiary/aromatic N) is 1. The first-order valence-electron chi connectivity index (χ1n) is 8.41. The summed E-state index contributed by atoms with van der Waals surface area (Å²) < 4.78 is 0. The molecule has 0 radical (unpaired) electrons. The fourth-order valence-corrected chi connectivity index (χ4v) is 5.25. The number of nitrogens with one attached hydrogen (secondary N) is 1. The molecule has 2 aliphatic carbocycles. The molecule has 21 heavy (non-hydrogen) atoms. The predicted octanol–water partition coefficient (Wildman–Crippen LogP) is 3.68. The van der Waals surface area contributed by atoms with Gasteiger partial charge in [0.25, 0.3) is 0 Å². The summed E-state index contributed by atoms with van der Waals surface area (Å²) in [6.45, 7) is 0.955. The van der Waals surface area contributed by atoms with E-state index < -0.39 is 0 Å². The maximum absolute atomic E-state index is 13.1. The van der Waals surface area contributed by atoms with Crippen LogP contribution in [0.4, 0.5) is 0 Å². The molecular weight excluding hydrogens is 280 g/mol. The molecule has 2 heterocycles. The average Bonchev–Trinajstić information content (AvgIpc) is 3.26. The molecule has 3 aliphatic rings. The lowest BCUT2D eigenvalue weighted by molar-refractivity contribution is -0.133. The summed E-state index contributed by atoms with van der Waals surface area (Å²) in [5.74, 6) is 1.10. The number of carbonyl (C=O) groups excluding carboxylic acids is 1. The molecule has 1 aromatic heterocycles. The molecule has 1 unspecified atom stereocenters. The summed E-state index contributed by atoms with van der Waals surface area (Å²) in [6.07, 6.45) is 9.83. The summed E-state index contributed by atoms with van der Waals surface area (Å²) in [7, 11) is 0. The van der Waals surface area contributed by atoms with Crippen LogP contribution >= 0.6 is 11.3 Å². The fourth-order valence-electron chi connectivity index (χ4n) is 4.46. The normalized spacial score (nSPS) is 29.0. The average molecular weight is 304 g/mol. The van der Waals surface area contributed by atoms with E-state index in [-0.39, 0.29) is 11.7 Å². The first-order chi connectivity index (χ1) is 10.3. The molecule has 1 amide bonds. The highest BCUT2D eigenvalue weighted by atomic mass is 32.1. The van der Waals surface area contributed by atoms with Gasteiger partial charge in [-0.15, -0.1) is 11.3 Å². The van der Waals surface area contributed by atoms with Crippen molar-refractivity contribution >= 4 is 17.2 Å². The van der Waals surface area contributed by atoms with E-state index in [2.05, 4.69) is 27.7 Å². The van der Waals surface area contributed by atoms with Gasteiger partial charge < -0.3 is 4.90 Å². The number of rotatable bonds is 3. The van der Waals surface area contributed by atoms with Crippen molar-refractivity contribution in [3.05, 3.63) is 22.4 Å². The third-order valence-corrected chi connectivity index (χ3v) is 6.52. The molecular formula is C17H24N2OS. The van der Waals surface area contributed by atoms with Gasteiger partial charge >= 0.3 is 0 Å². The highest BCUT2D eigenvalue weighted by Crippen LogP contribution is 2.42. The van der Waals surface area contributed by atoms with Gasteiger partial charge in [-0.05, 0) is 43.0 Å². The molecule has 0 aromatic carbocycles. The number of hydrogen-bond acceptors (Lipinski definition) is 3. The van der Waals surface area contributed by atoms with Crippen LogP contribution in [0, 0.1) is 5.92 Å². The molecule has 4 heteroatoms. The summed E-state index contributed by atoms with van der Waals surface area (Å²) in [5.41, 5.74) is -0.243. The molecule has 1 N–H and O–H groups in total. The van der Waals surface area contributed by atoms with E-state index in [4.69, 9.17) is 0 Å². The zero-order valence-electron chi connectivity index (χ0n) is 12.5. The molecule has 1 saturated heterocycles. The smallest absolute Gasteiger partial charge is 0.244 e. The topological polar surface area (TPSA) is 32.3 Å². The van der Waals surface area contributed by atoms with Crippen LogP contribution in [0.3, 0.4) is 0 Å². The van der Waals surface area contributed by atoms with Crippen LogP contribution in [-0.4, -0.2) is 22.9 Å². The van der Waals surface area contributed by atoms with Gasteiger partial charge in [-0.2, -0.15) is 0 Å². The summed E-state index contributed by atoms with van der Waals surface area (Å²) >= 11 is 1.77. The Kier molecular flexibility index (Phi) is 3.54. The Balaban J connectivity index is 1.61. The monoisotopic (exact) mass is 304 g/mol. The minimum Gasteiger partial charge on any atom is -0.320 e. The van der Waals surface area contributed by atoms with Crippen molar-refractivity contribution in [3.8, 4) is 0 Å². The van der Waals surface area contributed by atoms with E-state index in [1.165, 1.54) is 43.4 Å². The molecule has 2 saturated carbocycles. The number of thiophene rings is 1. The molecule has 3 fully saturated rings. The number of amides is 1. The first-order valence-corrected chi connectivity index (χ1v) is 9.29. The van der Waals surface area contributed by atoms with Crippen molar-refractivity contribution in [2.45, 2.75) is 63.1 Å². The second-order valence-corrected chi connectivity index (χ2v) is 7.94. The maximum Gasteiger partial charge on any atom is 0.244 e. The van der Waals surface area contributed by atoms with Crippen LogP contribution in [0.25, 0.3) is 0 Å². The lowest BCUT2D eigenvalue weighted by Gasteiger charge is -2.26. The van der Waals surface area contributed by atoms with Gasteiger partial charge in [0.15, 0.2) is 0 Å².